The third kappa shape index (κ3) is 3.30. The Hall–Kier alpha value is -3.02. The summed E-state index contributed by atoms with van der Waals surface area (Å²) in [6.07, 6.45) is 0.136. The molecular weight excluding hydrogens is 358 g/mol. The number of carbonyl (C=O) groups excluding carboxylic acids is 2. The Morgan fingerprint density at radius 3 is 2.54 bits per heavy atom. The normalized spacial score (nSPS) is 18.3. The predicted octanol–water partition coefficient (Wildman–Crippen LogP) is 3.34. The lowest BCUT2D eigenvalue weighted by atomic mass is 10.0. The van der Waals surface area contributed by atoms with Crippen molar-refractivity contribution in [3.63, 3.8) is 0 Å². The van der Waals surface area contributed by atoms with Gasteiger partial charge in [-0.1, -0.05) is 12.1 Å². The molecule has 2 aromatic carbocycles. The van der Waals surface area contributed by atoms with E-state index >= 15 is 0 Å². The monoisotopic (exact) mass is 381 g/mol. The Balaban J connectivity index is 1.50. The number of amides is 1. The minimum atomic E-state index is -0.500. The molecule has 0 radical (unpaired) electrons. The van der Waals surface area contributed by atoms with E-state index < -0.39 is 5.92 Å². The maximum atomic E-state index is 12.7. The zero-order chi connectivity index (χ0) is 19.8. The summed E-state index contributed by atoms with van der Waals surface area (Å²) in [7, 11) is 0. The van der Waals surface area contributed by atoms with E-state index in [1.54, 1.807) is 17.0 Å². The molecule has 6 heteroatoms. The average molecular weight is 381 g/mol. The van der Waals surface area contributed by atoms with Crippen LogP contribution in [0.15, 0.2) is 30.3 Å². The molecule has 0 unspecified atom stereocenters. The maximum Gasteiger partial charge on any atom is 0.316 e. The quantitative estimate of drug-likeness (QED) is 0.603. The fourth-order valence-corrected chi connectivity index (χ4v) is 3.58. The van der Waals surface area contributed by atoms with Crippen molar-refractivity contribution in [1.29, 1.82) is 0 Å². The molecule has 1 atom stereocenters. The molecule has 0 N–H and O–H groups in total. The Bertz CT molecular complexity index is 952. The van der Waals surface area contributed by atoms with Crippen LogP contribution in [0.5, 0.6) is 17.2 Å². The van der Waals surface area contributed by atoms with Crippen molar-refractivity contribution in [3.05, 3.63) is 47.0 Å². The highest BCUT2D eigenvalue weighted by molar-refractivity contribution is 6.00. The largest absolute Gasteiger partial charge is 0.486 e. The van der Waals surface area contributed by atoms with Gasteiger partial charge in [-0.15, -0.1) is 0 Å². The molecule has 0 saturated carbocycles. The molecule has 4 rings (SSSR count). The lowest BCUT2D eigenvalue weighted by Crippen LogP contribution is -2.27. The highest BCUT2D eigenvalue weighted by Gasteiger charge is 2.37. The summed E-state index contributed by atoms with van der Waals surface area (Å²) >= 11 is 0. The number of carbonyl (C=O) groups is 2. The van der Waals surface area contributed by atoms with Crippen molar-refractivity contribution in [2.24, 2.45) is 5.92 Å². The molecule has 1 fully saturated rings. The Kier molecular flexibility index (Phi) is 4.71. The second kappa shape index (κ2) is 7.19. The highest BCUT2D eigenvalue weighted by Crippen LogP contribution is 2.36. The van der Waals surface area contributed by atoms with E-state index in [1.807, 2.05) is 39.0 Å². The predicted molar refractivity (Wildman–Crippen MR) is 104 cm³/mol. The summed E-state index contributed by atoms with van der Waals surface area (Å²) in [4.78, 5) is 26.9. The van der Waals surface area contributed by atoms with E-state index in [2.05, 4.69) is 0 Å². The summed E-state index contributed by atoms with van der Waals surface area (Å²) in [6, 6.07) is 9.34. The molecule has 0 bridgehead atoms. The number of esters is 1. The first-order valence-corrected chi connectivity index (χ1v) is 9.42. The van der Waals surface area contributed by atoms with Crippen molar-refractivity contribution < 1.29 is 23.8 Å². The summed E-state index contributed by atoms with van der Waals surface area (Å²) in [5.41, 5.74) is 3.62. The summed E-state index contributed by atoms with van der Waals surface area (Å²) in [5.74, 6) is 0.910. The minimum Gasteiger partial charge on any atom is -0.486 e. The van der Waals surface area contributed by atoms with Gasteiger partial charge in [0.05, 0.1) is 5.92 Å². The Labute approximate surface area is 164 Å². The Morgan fingerprint density at radius 1 is 1.04 bits per heavy atom. The van der Waals surface area contributed by atoms with Crippen LogP contribution in [0.4, 0.5) is 5.69 Å². The van der Waals surface area contributed by atoms with Gasteiger partial charge in [-0.05, 0) is 49.6 Å². The van der Waals surface area contributed by atoms with Crippen LogP contribution in [0.3, 0.4) is 0 Å². The first-order chi connectivity index (χ1) is 13.4. The van der Waals surface area contributed by atoms with Gasteiger partial charge in [0, 0.05) is 24.7 Å². The fraction of sp³-hybridized carbons (Fsp3) is 0.364. The SMILES string of the molecule is Cc1ccc(C)c(OC(=O)[C@H]2CC(=O)N(c3ccc4c(c3)OCCO4)C2)c1C. The molecule has 1 saturated heterocycles. The maximum absolute atomic E-state index is 12.7. The van der Waals surface area contributed by atoms with Crippen molar-refractivity contribution in [2.45, 2.75) is 27.2 Å². The number of hydrogen-bond acceptors (Lipinski definition) is 5. The molecule has 0 aliphatic carbocycles. The van der Waals surface area contributed by atoms with Gasteiger partial charge in [-0.2, -0.15) is 0 Å². The fourth-order valence-electron chi connectivity index (χ4n) is 3.58. The number of nitrogens with zero attached hydrogens (tertiary/aromatic N) is 1. The molecule has 0 spiro atoms. The van der Waals surface area contributed by atoms with Gasteiger partial charge >= 0.3 is 5.97 Å². The lowest BCUT2D eigenvalue weighted by molar-refractivity contribution is -0.139. The molecular formula is C22H23NO5. The van der Waals surface area contributed by atoms with Crippen LogP contribution in [0, 0.1) is 26.7 Å². The summed E-state index contributed by atoms with van der Waals surface area (Å²) in [5, 5.41) is 0. The van der Waals surface area contributed by atoms with Gasteiger partial charge in [0.15, 0.2) is 11.5 Å². The van der Waals surface area contributed by atoms with Crippen LogP contribution in [0.1, 0.15) is 23.1 Å². The van der Waals surface area contributed by atoms with Gasteiger partial charge in [-0.25, -0.2) is 0 Å². The first-order valence-electron chi connectivity index (χ1n) is 9.42. The van der Waals surface area contributed by atoms with Crippen LogP contribution in [-0.2, 0) is 9.59 Å². The van der Waals surface area contributed by atoms with E-state index in [0.29, 0.717) is 42.7 Å². The number of aryl methyl sites for hydroxylation is 2. The molecule has 1 amide bonds. The first kappa shape index (κ1) is 18.3. The molecule has 2 aliphatic rings. The summed E-state index contributed by atoms with van der Waals surface area (Å²) in [6.45, 7) is 7.12. The number of ether oxygens (including phenoxy) is 3. The lowest BCUT2D eigenvalue weighted by Gasteiger charge is -2.22. The third-order valence-electron chi connectivity index (χ3n) is 5.37. The van der Waals surface area contributed by atoms with Crippen molar-refractivity contribution >= 4 is 17.6 Å². The second-order valence-corrected chi connectivity index (χ2v) is 7.31. The number of rotatable bonds is 3. The van der Waals surface area contributed by atoms with Gasteiger partial charge in [0.2, 0.25) is 5.91 Å². The molecule has 2 aliphatic heterocycles. The number of fused-ring (bicyclic) bond motifs is 1. The number of benzene rings is 2. The van der Waals surface area contributed by atoms with E-state index in [0.717, 1.165) is 16.7 Å². The van der Waals surface area contributed by atoms with Crippen molar-refractivity contribution in [1.82, 2.24) is 0 Å². The van der Waals surface area contributed by atoms with Crippen LogP contribution in [0.2, 0.25) is 0 Å². The molecule has 28 heavy (non-hydrogen) atoms. The Morgan fingerprint density at radius 2 is 1.75 bits per heavy atom. The smallest absolute Gasteiger partial charge is 0.316 e. The van der Waals surface area contributed by atoms with E-state index in [4.69, 9.17) is 14.2 Å². The second-order valence-electron chi connectivity index (χ2n) is 7.31. The molecule has 6 nitrogen and oxygen atoms in total. The van der Waals surface area contributed by atoms with Crippen molar-refractivity contribution in [2.75, 3.05) is 24.7 Å². The van der Waals surface area contributed by atoms with E-state index in [9.17, 15) is 9.59 Å². The number of hydrogen-bond donors (Lipinski definition) is 0. The minimum absolute atomic E-state index is 0.101. The van der Waals surface area contributed by atoms with Gasteiger partial charge in [0.1, 0.15) is 19.0 Å². The van der Waals surface area contributed by atoms with Gasteiger partial charge in [0.25, 0.3) is 0 Å². The number of anilines is 1. The van der Waals surface area contributed by atoms with E-state index in [1.165, 1.54) is 0 Å². The van der Waals surface area contributed by atoms with Gasteiger partial charge in [-0.3, -0.25) is 9.59 Å². The standard InChI is InChI=1S/C22H23NO5/c1-13-4-5-14(2)21(15(13)3)28-22(25)16-10-20(24)23(12-16)17-6-7-18-19(11-17)27-9-8-26-18/h4-7,11,16H,8-10,12H2,1-3H3/t16-/m0/s1. The van der Waals surface area contributed by atoms with Gasteiger partial charge < -0.3 is 19.1 Å². The zero-order valence-corrected chi connectivity index (χ0v) is 16.3. The molecule has 2 heterocycles. The molecule has 0 aromatic heterocycles. The topological polar surface area (TPSA) is 65.1 Å². The van der Waals surface area contributed by atoms with Crippen LogP contribution in [-0.4, -0.2) is 31.6 Å². The van der Waals surface area contributed by atoms with Crippen LogP contribution < -0.4 is 19.1 Å². The van der Waals surface area contributed by atoms with Crippen LogP contribution in [0.25, 0.3) is 0 Å². The molecule has 2 aromatic rings. The van der Waals surface area contributed by atoms with E-state index in [-0.39, 0.29) is 18.3 Å². The zero-order valence-electron chi connectivity index (χ0n) is 16.3. The summed E-state index contributed by atoms with van der Waals surface area (Å²) < 4.78 is 16.8. The molecule has 146 valence electrons. The van der Waals surface area contributed by atoms with Crippen molar-refractivity contribution in [3.8, 4) is 17.2 Å². The van der Waals surface area contributed by atoms with Crippen LogP contribution >= 0.6 is 0 Å². The highest BCUT2D eigenvalue weighted by atomic mass is 16.6. The third-order valence-corrected chi connectivity index (χ3v) is 5.37. The average Bonchev–Trinajstić information content (AvgIpc) is 3.09.